The summed E-state index contributed by atoms with van der Waals surface area (Å²) in [5, 5.41) is 15.4. The lowest BCUT2D eigenvalue weighted by molar-refractivity contribution is 0.0952. The van der Waals surface area contributed by atoms with Gasteiger partial charge in [0, 0.05) is 12.2 Å². The molecule has 6 heteroatoms. The molecule has 0 aliphatic heterocycles. The second-order valence-electron chi connectivity index (χ2n) is 6.00. The van der Waals surface area contributed by atoms with Crippen molar-refractivity contribution in [3.05, 3.63) is 59.2 Å². The van der Waals surface area contributed by atoms with Crippen LogP contribution < -0.4 is 16.4 Å². The van der Waals surface area contributed by atoms with Gasteiger partial charge in [-0.3, -0.25) is 9.79 Å². The minimum atomic E-state index is -0.335. The Morgan fingerprint density at radius 3 is 2.80 bits per heavy atom. The van der Waals surface area contributed by atoms with Gasteiger partial charge in [0.15, 0.2) is 5.96 Å². The van der Waals surface area contributed by atoms with Crippen molar-refractivity contribution >= 4 is 17.6 Å². The van der Waals surface area contributed by atoms with E-state index in [1.165, 1.54) is 23.6 Å². The third-order valence-electron chi connectivity index (χ3n) is 4.20. The zero-order chi connectivity index (χ0) is 17.6. The lowest BCUT2D eigenvalue weighted by atomic mass is 10.1. The summed E-state index contributed by atoms with van der Waals surface area (Å²) in [5.74, 6) is -0.0606. The van der Waals surface area contributed by atoms with Gasteiger partial charge < -0.3 is 21.5 Å². The van der Waals surface area contributed by atoms with E-state index in [2.05, 4.69) is 27.8 Å². The molecule has 0 heterocycles. The molecule has 0 aromatic heterocycles. The van der Waals surface area contributed by atoms with Crippen molar-refractivity contribution in [2.75, 3.05) is 18.4 Å². The summed E-state index contributed by atoms with van der Waals surface area (Å²) in [4.78, 5) is 16.2. The molecule has 0 saturated heterocycles. The standard InChI is InChI=1S/C19H22N4O2/c20-19(23-15-9-8-13-4-3-5-14(13)12-15)22-11-10-21-18(25)16-6-1-2-7-17(16)24/h1-2,6-9,12,24H,3-5,10-11H2,(H,21,25)(H3,20,22,23). The summed E-state index contributed by atoms with van der Waals surface area (Å²) in [6, 6.07) is 12.7. The topological polar surface area (TPSA) is 99.7 Å². The fourth-order valence-corrected chi connectivity index (χ4v) is 2.94. The van der Waals surface area contributed by atoms with Crippen LogP contribution in [0.4, 0.5) is 5.69 Å². The number of hydrogen-bond donors (Lipinski definition) is 4. The number of aliphatic imine (C=N–C) groups is 1. The maximum atomic E-state index is 11.9. The van der Waals surface area contributed by atoms with Crippen LogP contribution in [0.3, 0.4) is 0 Å². The number of hydrogen-bond acceptors (Lipinski definition) is 3. The summed E-state index contributed by atoms with van der Waals surface area (Å²) < 4.78 is 0. The van der Waals surface area contributed by atoms with E-state index in [0.29, 0.717) is 19.0 Å². The number of para-hydroxylation sites is 1. The van der Waals surface area contributed by atoms with Crippen molar-refractivity contribution in [1.29, 1.82) is 0 Å². The number of amides is 1. The molecule has 25 heavy (non-hydrogen) atoms. The van der Waals surface area contributed by atoms with Gasteiger partial charge in [0.2, 0.25) is 0 Å². The number of carbonyl (C=O) groups excluding carboxylic acids is 1. The Balaban J connectivity index is 1.47. The number of benzene rings is 2. The molecule has 1 aliphatic carbocycles. The molecule has 1 aliphatic rings. The van der Waals surface area contributed by atoms with E-state index in [1.807, 2.05) is 6.07 Å². The molecule has 0 atom stereocenters. The molecular formula is C19H22N4O2. The largest absolute Gasteiger partial charge is 0.507 e. The van der Waals surface area contributed by atoms with Crippen LogP contribution in [0.25, 0.3) is 0 Å². The minimum absolute atomic E-state index is 0.0405. The Kier molecular flexibility index (Phi) is 5.18. The third-order valence-corrected chi connectivity index (χ3v) is 4.20. The zero-order valence-corrected chi connectivity index (χ0v) is 14.0. The van der Waals surface area contributed by atoms with Crippen LogP contribution >= 0.6 is 0 Å². The van der Waals surface area contributed by atoms with Crippen molar-refractivity contribution in [1.82, 2.24) is 5.32 Å². The molecule has 6 nitrogen and oxygen atoms in total. The quantitative estimate of drug-likeness (QED) is 0.381. The molecule has 0 bridgehead atoms. The Bertz CT molecular complexity index is 802. The van der Waals surface area contributed by atoms with E-state index in [-0.39, 0.29) is 17.2 Å². The summed E-state index contributed by atoms with van der Waals surface area (Å²) in [6.45, 7) is 0.683. The number of carbonyl (C=O) groups is 1. The smallest absolute Gasteiger partial charge is 0.255 e. The molecule has 0 fully saturated rings. The predicted octanol–water partition coefficient (Wildman–Crippen LogP) is 2.04. The maximum absolute atomic E-state index is 11.9. The summed E-state index contributed by atoms with van der Waals surface area (Å²) in [7, 11) is 0. The Morgan fingerprint density at radius 1 is 1.16 bits per heavy atom. The van der Waals surface area contributed by atoms with Crippen LogP contribution in [-0.4, -0.2) is 30.1 Å². The first-order valence-corrected chi connectivity index (χ1v) is 8.38. The van der Waals surface area contributed by atoms with E-state index < -0.39 is 0 Å². The monoisotopic (exact) mass is 338 g/mol. The second kappa shape index (κ2) is 7.70. The number of rotatable bonds is 5. The van der Waals surface area contributed by atoms with Crippen molar-refractivity contribution < 1.29 is 9.90 Å². The van der Waals surface area contributed by atoms with Crippen LogP contribution in [0, 0.1) is 0 Å². The van der Waals surface area contributed by atoms with Crippen molar-refractivity contribution in [3.63, 3.8) is 0 Å². The number of nitrogens with two attached hydrogens (primary N) is 1. The molecule has 0 spiro atoms. The number of guanidine groups is 1. The molecule has 0 unspecified atom stereocenters. The highest BCUT2D eigenvalue weighted by atomic mass is 16.3. The maximum Gasteiger partial charge on any atom is 0.255 e. The first-order valence-electron chi connectivity index (χ1n) is 8.38. The number of anilines is 1. The molecule has 5 N–H and O–H groups in total. The van der Waals surface area contributed by atoms with Crippen LogP contribution in [0.1, 0.15) is 27.9 Å². The number of aryl methyl sites for hydroxylation is 2. The third kappa shape index (κ3) is 4.29. The van der Waals surface area contributed by atoms with Crippen molar-refractivity contribution in [2.24, 2.45) is 10.7 Å². The highest BCUT2D eigenvalue weighted by Gasteiger charge is 2.11. The zero-order valence-electron chi connectivity index (χ0n) is 14.0. The molecule has 3 rings (SSSR count). The second-order valence-corrected chi connectivity index (χ2v) is 6.00. The van der Waals surface area contributed by atoms with Crippen molar-refractivity contribution in [2.45, 2.75) is 19.3 Å². The number of phenolic OH excluding ortho intramolecular Hbond substituents is 1. The first-order chi connectivity index (χ1) is 12.1. The average Bonchev–Trinajstić information content (AvgIpc) is 3.06. The van der Waals surface area contributed by atoms with Crippen molar-refractivity contribution in [3.8, 4) is 5.75 Å². The average molecular weight is 338 g/mol. The van der Waals surface area contributed by atoms with E-state index >= 15 is 0 Å². The van der Waals surface area contributed by atoms with Gasteiger partial charge >= 0.3 is 0 Å². The molecule has 2 aromatic rings. The van der Waals surface area contributed by atoms with Gasteiger partial charge in [0.05, 0.1) is 12.1 Å². The number of aromatic hydroxyl groups is 1. The number of fused-ring (bicyclic) bond motifs is 1. The minimum Gasteiger partial charge on any atom is -0.507 e. The molecule has 1 amide bonds. The number of nitrogens with one attached hydrogen (secondary N) is 2. The molecular weight excluding hydrogens is 316 g/mol. The fraction of sp³-hybridized carbons (Fsp3) is 0.263. The van der Waals surface area contributed by atoms with Crippen LogP contribution in [0.15, 0.2) is 47.5 Å². The fourth-order valence-electron chi connectivity index (χ4n) is 2.94. The number of phenols is 1. The van der Waals surface area contributed by atoms with Gasteiger partial charge in [-0.15, -0.1) is 0 Å². The SMILES string of the molecule is NC(=NCCNC(=O)c1ccccc1O)Nc1ccc2c(c1)CCC2. The van der Waals surface area contributed by atoms with Gasteiger partial charge in [0.1, 0.15) is 5.75 Å². The summed E-state index contributed by atoms with van der Waals surface area (Å²) in [6.07, 6.45) is 3.47. The predicted molar refractivity (Wildman–Crippen MR) is 99.0 cm³/mol. The lowest BCUT2D eigenvalue weighted by Gasteiger charge is -2.08. The van der Waals surface area contributed by atoms with Gasteiger partial charge in [0.25, 0.3) is 5.91 Å². The summed E-state index contributed by atoms with van der Waals surface area (Å²) >= 11 is 0. The molecule has 2 aromatic carbocycles. The first kappa shape index (κ1) is 16.8. The summed E-state index contributed by atoms with van der Waals surface area (Å²) in [5.41, 5.74) is 9.84. The molecule has 130 valence electrons. The Labute approximate surface area is 146 Å². The van der Waals surface area contributed by atoms with E-state index in [1.54, 1.807) is 18.2 Å². The van der Waals surface area contributed by atoms with E-state index in [0.717, 1.165) is 18.5 Å². The number of nitrogens with zero attached hydrogens (tertiary/aromatic N) is 1. The van der Waals surface area contributed by atoms with E-state index in [9.17, 15) is 9.90 Å². The van der Waals surface area contributed by atoms with Crippen LogP contribution in [0.5, 0.6) is 5.75 Å². The van der Waals surface area contributed by atoms with Gasteiger partial charge in [-0.25, -0.2) is 0 Å². The highest BCUT2D eigenvalue weighted by Crippen LogP contribution is 2.24. The van der Waals surface area contributed by atoms with Crippen LogP contribution in [0.2, 0.25) is 0 Å². The molecule has 0 radical (unpaired) electrons. The highest BCUT2D eigenvalue weighted by molar-refractivity contribution is 5.96. The Hall–Kier alpha value is -3.02. The Morgan fingerprint density at radius 2 is 1.96 bits per heavy atom. The van der Waals surface area contributed by atoms with Gasteiger partial charge in [-0.05, 0) is 54.7 Å². The normalized spacial score (nSPS) is 13.4. The molecule has 0 saturated carbocycles. The van der Waals surface area contributed by atoms with Gasteiger partial charge in [-0.1, -0.05) is 18.2 Å². The van der Waals surface area contributed by atoms with E-state index in [4.69, 9.17) is 5.73 Å². The van der Waals surface area contributed by atoms with Crippen LogP contribution in [-0.2, 0) is 12.8 Å². The lowest BCUT2D eigenvalue weighted by Crippen LogP contribution is -2.28. The van der Waals surface area contributed by atoms with Gasteiger partial charge in [-0.2, -0.15) is 0 Å².